The highest BCUT2D eigenvalue weighted by Gasteiger charge is 2.32. The van der Waals surface area contributed by atoms with Crippen molar-refractivity contribution in [3.8, 4) is 11.4 Å². The van der Waals surface area contributed by atoms with Crippen LogP contribution < -0.4 is 5.32 Å². The molecule has 1 aromatic heterocycles. The predicted molar refractivity (Wildman–Crippen MR) is 108 cm³/mol. The Labute approximate surface area is 164 Å². The SMILES string of the molecule is Cc1ccc(-c2noc(C3CCCCN3C(=O)Nc3cccc(C)c3)n2)cc1. The molecule has 1 atom stereocenters. The number of anilines is 1. The molecule has 2 amide bonds. The molecule has 3 aromatic rings. The smallest absolute Gasteiger partial charge is 0.322 e. The summed E-state index contributed by atoms with van der Waals surface area (Å²) in [5, 5.41) is 7.13. The molecule has 6 nitrogen and oxygen atoms in total. The molecule has 0 radical (unpaired) electrons. The van der Waals surface area contributed by atoms with Crippen LogP contribution in [0.5, 0.6) is 0 Å². The average molecular weight is 376 g/mol. The number of amides is 2. The van der Waals surface area contributed by atoms with Crippen LogP contribution in [0.1, 0.15) is 42.3 Å². The number of benzene rings is 2. The molecule has 0 spiro atoms. The molecule has 4 rings (SSSR count). The molecule has 0 aliphatic carbocycles. The summed E-state index contributed by atoms with van der Waals surface area (Å²) in [5.74, 6) is 1.05. The van der Waals surface area contributed by atoms with Crippen molar-refractivity contribution in [3.05, 3.63) is 65.5 Å². The van der Waals surface area contributed by atoms with E-state index in [2.05, 4.69) is 15.5 Å². The third-order valence-electron chi connectivity index (χ3n) is 5.07. The molecule has 1 aliphatic heterocycles. The fourth-order valence-corrected chi connectivity index (χ4v) is 3.54. The summed E-state index contributed by atoms with van der Waals surface area (Å²) in [6.45, 7) is 4.72. The maximum atomic E-state index is 12.9. The number of nitrogens with zero attached hydrogens (tertiary/aromatic N) is 3. The number of rotatable bonds is 3. The van der Waals surface area contributed by atoms with Crippen molar-refractivity contribution < 1.29 is 9.32 Å². The van der Waals surface area contributed by atoms with Crippen molar-refractivity contribution in [1.82, 2.24) is 15.0 Å². The largest absolute Gasteiger partial charge is 0.337 e. The Morgan fingerprint density at radius 1 is 1.11 bits per heavy atom. The molecule has 2 aromatic carbocycles. The van der Waals surface area contributed by atoms with E-state index >= 15 is 0 Å². The lowest BCUT2D eigenvalue weighted by atomic mass is 10.0. The minimum atomic E-state index is -0.203. The first-order valence-corrected chi connectivity index (χ1v) is 9.65. The second kappa shape index (κ2) is 7.84. The van der Waals surface area contributed by atoms with Gasteiger partial charge in [-0.1, -0.05) is 47.1 Å². The number of hydrogen-bond acceptors (Lipinski definition) is 4. The van der Waals surface area contributed by atoms with Crippen molar-refractivity contribution in [2.75, 3.05) is 11.9 Å². The van der Waals surface area contributed by atoms with Gasteiger partial charge < -0.3 is 14.7 Å². The summed E-state index contributed by atoms with van der Waals surface area (Å²) in [7, 11) is 0. The first-order valence-electron chi connectivity index (χ1n) is 9.65. The van der Waals surface area contributed by atoms with Crippen LogP contribution in [0.2, 0.25) is 0 Å². The van der Waals surface area contributed by atoms with E-state index in [9.17, 15) is 4.79 Å². The van der Waals surface area contributed by atoms with Crippen LogP contribution in [0.25, 0.3) is 11.4 Å². The van der Waals surface area contributed by atoms with Gasteiger partial charge in [0.1, 0.15) is 6.04 Å². The number of aryl methyl sites for hydroxylation is 2. The van der Waals surface area contributed by atoms with Crippen molar-refractivity contribution >= 4 is 11.7 Å². The minimum Gasteiger partial charge on any atom is -0.337 e. The highest BCUT2D eigenvalue weighted by Crippen LogP contribution is 2.31. The van der Waals surface area contributed by atoms with Crippen molar-refractivity contribution in [3.63, 3.8) is 0 Å². The summed E-state index contributed by atoms with van der Waals surface area (Å²) >= 11 is 0. The van der Waals surface area contributed by atoms with Crippen molar-refractivity contribution in [2.24, 2.45) is 0 Å². The second-order valence-corrected chi connectivity index (χ2v) is 7.33. The number of piperidine rings is 1. The van der Waals surface area contributed by atoms with Gasteiger partial charge in [0.2, 0.25) is 11.7 Å². The van der Waals surface area contributed by atoms with Gasteiger partial charge in [-0.2, -0.15) is 4.98 Å². The summed E-state index contributed by atoms with van der Waals surface area (Å²) in [5.41, 5.74) is 3.98. The Kier molecular flexibility index (Phi) is 5.10. The number of likely N-dealkylation sites (tertiary alicyclic amines) is 1. The third kappa shape index (κ3) is 3.91. The van der Waals surface area contributed by atoms with Crippen molar-refractivity contribution in [2.45, 2.75) is 39.2 Å². The van der Waals surface area contributed by atoms with Gasteiger partial charge >= 0.3 is 6.03 Å². The minimum absolute atomic E-state index is 0.134. The molecule has 28 heavy (non-hydrogen) atoms. The van der Waals surface area contributed by atoms with E-state index in [0.29, 0.717) is 18.3 Å². The van der Waals surface area contributed by atoms with E-state index < -0.39 is 0 Å². The number of hydrogen-bond donors (Lipinski definition) is 1. The van der Waals surface area contributed by atoms with Gasteiger partial charge in [0.05, 0.1) is 0 Å². The van der Waals surface area contributed by atoms with Gasteiger partial charge in [-0.05, 0) is 50.8 Å². The molecule has 1 N–H and O–H groups in total. The van der Waals surface area contributed by atoms with E-state index in [4.69, 9.17) is 4.52 Å². The topological polar surface area (TPSA) is 71.3 Å². The maximum Gasteiger partial charge on any atom is 0.322 e. The van der Waals surface area contributed by atoms with Gasteiger partial charge in [0, 0.05) is 17.8 Å². The average Bonchev–Trinajstić information content (AvgIpc) is 3.18. The van der Waals surface area contributed by atoms with Gasteiger partial charge in [0.25, 0.3) is 0 Å². The van der Waals surface area contributed by atoms with Crippen LogP contribution in [0.4, 0.5) is 10.5 Å². The third-order valence-corrected chi connectivity index (χ3v) is 5.07. The zero-order valence-electron chi connectivity index (χ0n) is 16.2. The van der Waals surface area contributed by atoms with E-state index in [1.54, 1.807) is 4.90 Å². The van der Waals surface area contributed by atoms with Crippen LogP contribution in [-0.4, -0.2) is 27.6 Å². The molecule has 1 aliphatic rings. The van der Waals surface area contributed by atoms with Gasteiger partial charge in [0.15, 0.2) is 0 Å². The normalized spacial score (nSPS) is 16.8. The van der Waals surface area contributed by atoms with Crippen LogP contribution >= 0.6 is 0 Å². The summed E-state index contributed by atoms with van der Waals surface area (Å²) in [6, 6.07) is 15.5. The monoisotopic (exact) mass is 376 g/mol. The van der Waals surface area contributed by atoms with Gasteiger partial charge in [-0.15, -0.1) is 0 Å². The summed E-state index contributed by atoms with van der Waals surface area (Å²) in [4.78, 5) is 19.3. The summed E-state index contributed by atoms with van der Waals surface area (Å²) in [6.07, 6.45) is 2.81. The standard InChI is InChI=1S/C22H24N4O2/c1-15-9-11-17(12-10-15)20-24-21(28-25-20)19-8-3-4-13-26(19)22(27)23-18-7-5-6-16(2)14-18/h5-7,9-12,14,19H,3-4,8,13H2,1-2H3,(H,23,27). The summed E-state index contributed by atoms with van der Waals surface area (Å²) < 4.78 is 5.56. The Morgan fingerprint density at radius 3 is 2.71 bits per heavy atom. The maximum absolute atomic E-state index is 12.9. The Balaban J connectivity index is 1.54. The lowest BCUT2D eigenvalue weighted by Crippen LogP contribution is -2.41. The molecule has 1 unspecified atom stereocenters. The number of carbonyl (C=O) groups excluding carboxylic acids is 1. The lowest BCUT2D eigenvalue weighted by Gasteiger charge is -2.33. The van der Waals surface area contributed by atoms with E-state index in [-0.39, 0.29) is 12.1 Å². The van der Waals surface area contributed by atoms with Crippen molar-refractivity contribution in [1.29, 1.82) is 0 Å². The first kappa shape index (κ1) is 18.2. The molecular formula is C22H24N4O2. The van der Waals surface area contributed by atoms with E-state index in [1.165, 1.54) is 5.56 Å². The van der Waals surface area contributed by atoms with Crippen LogP contribution in [0.3, 0.4) is 0 Å². The number of urea groups is 1. The van der Waals surface area contributed by atoms with Gasteiger partial charge in [-0.3, -0.25) is 0 Å². The number of aromatic nitrogens is 2. The molecule has 6 heteroatoms. The molecule has 144 valence electrons. The number of nitrogens with one attached hydrogen (secondary N) is 1. The fraction of sp³-hybridized carbons (Fsp3) is 0.318. The molecular weight excluding hydrogens is 352 g/mol. The Morgan fingerprint density at radius 2 is 1.93 bits per heavy atom. The highest BCUT2D eigenvalue weighted by molar-refractivity contribution is 5.89. The molecule has 0 bridgehead atoms. The van der Waals surface area contributed by atoms with Gasteiger partial charge in [-0.25, -0.2) is 4.79 Å². The van der Waals surface area contributed by atoms with Crippen LogP contribution in [-0.2, 0) is 0 Å². The quantitative estimate of drug-likeness (QED) is 0.689. The van der Waals surface area contributed by atoms with Crippen LogP contribution in [0, 0.1) is 13.8 Å². The molecule has 0 saturated carbocycles. The van der Waals surface area contributed by atoms with E-state index in [0.717, 1.165) is 36.1 Å². The number of carbonyl (C=O) groups is 1. The fourth-order valence-electron chi connectivity index (χ4n) is 3.54. The molecule has 2 heterocycles. The zero-order chi connectivity index (χ0) is 19.5. The van der Waals surface area contributed by atoms with Crippen LogP contribution in [0.15, 0.2) is 53.1 Å². The lowest BCUT2D eigenvalue weighted by molar-refractivity contribution is 0.142. The second-order valence-electron chi connectivity index (χ2n) is 7.33. The Bertz CT molecular complexity index is 965. The predicted octanol–water partition coefficient (Wildman–Crippen LogP) is 5.11. The molecule has 1 fully saturated rings. The first-order chi connectivity index (χ1) is 13.6. The Hall–Kier alpha value is -3.15. The zero-order valence-corrected chi connectivity index (χ0v) is 16.2. The van der Waals surface area contributed by atoms with E-state index in [1.807, 2.05) is 62.4 Å². The molecule has 1 saturated heterocycles. The highest BCUT2D eigenvalue weighted by atomic mass is 16.5.